The summed E-state index contributed by atoms with van der Waals surface area (Å²) in [6, 6.07) is 10.6. The molecule has 0 spiro atoms. The van der Waals surface area contributed by atoms with Gasteiger partial charge in [-0.15, -0.1) is 0 Å². The zero-order valence-electron chi connectivity index (χ0n) is 12.7. The zero-order chi connectivity index (χ0) is 14.9. The number of esters is 1. The van der Waals surface area contributed by atoms with Crippen molar-refractivity contribution in [3.63, 3.8) is 0 Å². The summed E-state index contributed by atoms with van der Waals surface area (Å²) < 4.78 is 6.45. The van der Waals surface area contributed by atoms with Gasteiger partial charge in [0.15, 0.2) is 0 Å². The SMILES string of the molecule is COC(=O)C(CC[Se]c1ccccc1)[C@@H]1C=CCCCC1. The Morgan fingerprint density at radius 1 is 1.33 bits per heavy atom. The van der Waals surface area contributed by atoms with Crippen LogP contribution in [-0.4, -0.2) is 28.0 Å². The number of benzene rings is 1. The first-order chi connectivity index (χ1) is 10.3. The minimum absolute atomic E-state index is 0.0320. The molecule has 1 aliphatic carbocycles. The predicted octanol–water partition coefficient (Wildman–Crippen LogP) is 3.36. The Balaban J connectivity index is 1.91. The molecule has 1 aromatic carbocycles. The van der Waals surface area contributed by atoms with Crippen LogP contribution in [0.5, 0.6) is 0 Å². The molecule has 21 heavy (non-hydrogen) atoms. The van der Waals surface area contributed by atoms with E-state index < -0.39 is 0 Å². The van der Waals surface area contributed by atoms with Gasteiger partial charge >= 0.3 is 134 Å². The Labute approximate surface area is 134 Å². The van der Waals surface area contributed by atoms with Crippen LogP contribution in [0.4, 0.5) is 0 Å². The van der Waals surface area contributed by atoms with Crippen LogP contribution in [0.3, 0.4) is 0 Å². The van der Waals surface area contributed by atoms with E-state index >= 15 is 0 Å². The summed E-state index contributed by atoms with van der Waals surface area (Å²) in [6.45, 7) is 0. The third-order valence-corrected chi connectivity index (χ3v) is 6.20. The van der Waals surface area contributed by atoms with E-state index in [2.05, 4.69) is 36.4 Å². The van der Waals surface area contributed by atoms with Crippen LogP contribution in [0.1, 0.15) is 32.1 Å². The van der Waals surface area contributed by atoms with Gasteiger partial charge in [-0.25, -0.2) is 0 Å². The molecule has 1 unspecified atom stereocenters. The van der Waals surface area contributed by atoms with E-state index in [9.17, 15) is 4.79 Å². The first-order valence-electron chi connectivity index (χ1n) is 7.73. The second kappa shape index (κ2) is 9.07. The van der Waals surface area contributed by atoms with Crippen molar-refractivity contribution in [2.75, 3.05) is 7.11 Å². The maximum absolute atomic E-state index is 12.1. The minimum atomic E-state index is -0.0320. The molecular formula is C18H24O2Se. The average Bonchev–Trinajstić information content (AvgIpc) is 2.81. The van der Waals surface area contributed by atoms with E-state index in [0.717, 1.165) is 24.6 Å². The number of rotatable bonds is 6. The molecule has 0 N–H and O–H groups in total. The third-order valence-electron chi connectivity index (χ3n) is 4.00. The quantitative estimate of drug-likeness (QED) is 0.446. The number of hydrogen-bond acceptors (Lipinski definition) is 2. The Kier molecular flexibility index (Phi) is 7.05. The van der Waals surface area contributed by atoms with E-state index in [0.29, 0.717) is 20.9 Å². The molecule has 0 radical (unpaired) electrons. The fourth-order valence-electron chi connectivity index (χ4n) is 2.82. The second-order valence-electron chi connectivity index (χ2n) is 5.46. The number of allylic oxidation sites excluding steroid dienone is 2. The average molecular weight is 351 g/mol. The topological polar surface area (TPSA) is 26.3 Å². The molecule has 2 rings (SSSR count). The van der Waals surface area contributed by atoms with Gasteiger partial charge in [0.2, 0.25) is 0 Å². The number of carbonyl (C=O) groups excluding carboxylic acids is 1. The molecule has 0 aromatic heterocycles. The van der Waals surface area contributed by atoms with Gasteiger partial charge in [0.25, 0.3) is 0 Å². The molecule has 0 heterocycles. The van der Waals surface area contributed by atoms with E-state index in [4.69, 9.17) is 4.74 Å². The van der Waals surface area contributed by atoms with Gasteiger partial charge in [-0.1, -0.05) is 0 Å². The van der Waals surface area contributed by atoms with Crippen molar-refractivity contribution >= 4 is 25.4 Å². The van der Waals surface area contributed by atoms with Gasteiger partial charge in [-0.3, -0.25) is 0 Å². The van der Waals surface area contributed by atoms with Crippen LogP contribution in [-0.2, 0) is 9.53 Å². The molecule has 2 nitrogen and oxygen atoms in total. The number of methoxy groups -OCH3 is 1. The monoisotopic (exact) mass is 352 g/mol. The molecule has 114 valence electrons. The molecule has 0 saturated carbocycles. The van der Waals surface area contributed by atoms with Crippen LogP contribution in [0.2, 0.25) is 5.32 Å². The summed E-state index contributed by atoms with van der Waals surface area (Å²) in [6.07, 6.45) is 10.2. The van der Waals surface area contributed by atoms with E-state index in [1.807, 2.05) is 6.07 Å². The Morgan fingerprint density at radius 3 is 2.90 bits per heavy atom. The summed E-state index contributed by atoms with van der Waals surface area (Å²) >= 11 is 0.446. The molecule has 3 heteroatoms. The van der Waals surface area contributed by atoms with Gasteiger partial charge < -0.3 is 0 Å². The summed E-state index contributed by atoms with van der Waals surface area (Å²) in [5.74, 6) is 0.372. The fourth-order valence-corrected chi connectivity index (χ4v) is 4.83. The number of carbonyl (C=O) groups is 1. The van der Waals surface area contributed by atoms with Gasteiger partial charge in [0.1, 0.15) is 0 Å². The normalized spacial score (nSPS) is 19.8. The van der Waals surface area contributed by atoms with E-state index in [-0.39, 0.29) is 11.9 Å². The Morgan fingerprint density at radius 2 is 2.14 bits per heavy atom. The zero-order valence-corrected chi connectivity index (χ0v) is 14.4. The molecule has 1 aromatic rings. The third kappa shape index (κ3) is 5.33. The summed E-state index contributed by atoms with van der Waals surface area (Å²) in [7, 11) is 1.51. The van der Waals surface area contributed by atoms with Gasteiger partial charge in [0.05, 0.1) is 0 Å². The molecule has 0 bridgehead atoms. The predicted molar refractivity (Wildman–Crippen MR) is 87.9 cm³/mol. The fraction of sp³-hybridized carbons (Fsp3) is 0.500. The molecule has 0 aliphatic heterocycles. The Hall–Kier alpha value is -1.05. The van der Waals surface area contributed by atoms with Crippen molar-refractivity contribution in [1.82, 2.24) is 0 Å². The Bertz CT molecular complexity index is 456. The van der Waals surface area contributed by atoms with Crippen LogP contribution in [0.15, 0.2) is 42.5 Å². The molecule has 2 atom stereocenters. The van der Waals surface area contributed by atoms with Crippen molar-refractivity contribution in [1.29, 1.82) is 0 Å². The van der Waals surface area contributed by atoms with E-state index in [1.54, 1.807) is 0 Å². The second-order valence-corrected chi connectivity index (χ2v) is 7.91. The van der Waals surface area contributed by atoms with Crippen LogP contribution in [0, 0.1) is 11.8 Å². The maximum atomic E-state index is 12.1. The molecule has 0 fully saturated rings. The van der Waals surface area contributed by atoms with Crippen LogP contribution >= 0.6 is 0 Å². The standard InChI is InChI=1S/C18H24O2Se/c1-20-18(19)17(15-9-5-2-3-6-10-15)13-14-21-16-11-7-4-8-12-16/h4-5,7-9,11-12,15,17H,2-3,6,10,13-14H2,1H3/t15-,17?/m1/s1. The number of ether oxygens (including phenoxy) is 1. The summed E-state index contributed by atoms with van der Waals surface area (Å²) in [5, 5.41) is 1.10. The molecule has 1 aliphatic rings. The van der Waals surface area contributed by atoms with Gasteiger partial charge in [-0.2, -0.15) is 0 Å². The summed E-state index contributed by atoms with van der Waals surface area (Å²) in [5.41, 5.74) is 0. The van der Waals surface area contributed by atoms with Crippen LogP contribution in [0.25, 0.3) is 0 Å². The van der Waals surface area contributed by atoms with Crippen molar-refractivity contribution in [2.24, 2.45) is 11.8 Å². The van der Waals surface area contributed by atoms with Crippen LogP contribution < -0.4 is 4.46 Å². The first kappa shape index (κ1) is 16.3. The van der Waals surface area contributed by atoms with Gasteiger partial charge in [-0.05, 0) is 0 Å². The molecule has 0 amide bonds. The molecule has 0 saturated heterocycles. The van der Waals surface area contributed by atoms with Crippen molar-refractivity contribution in [3.05, 3.63) is 42.5 Å². The van der Waals surface area contributed by atoms with Crippen molar-refractivity contribution < 1.29 is 9.53 Å². The van der Waals surface area contributed by atoms with Crippen molar-refractivity contribution in [2.45, 2.75) is 37.4 Å². The summed E-state index contributed by atoms with van der Waals surface area (Å²) in [4.78, 5) is 12.1. The van der Waals surface area contributed by atoms with Crippen molar-refractivity contribution in [3.8, 4) is 0 Å². The molecular weight excluding hydrogens is 327 g/mol. The first-order valence-corrected chi connectivity index (χ1v) is 9.80. The van der Waals surface area contributed by atoms with E-state index in [1.165, 1.54) is 24.4 Å². The van der Waals surface area contributed by atoms with Gasteiger partial charge in [0, 0.05) is 0 Å². The number of hydrogen-bond donors (Lipinski definition) is 0.